The molecule has 2 N–H and O–H groups in total. The molecule has 29 heavy (non-hydrogen) atoms. The van der Waals surface area contributed by atoms with E-state index >= 15 is 0 Å². The molecule has 0 bridgehead atoms. The monoisotopic (exact) mass is 393 g/mol. The minimum Gasteiger partial charge on any atom is -0.508 e. The van der Waals surface area contributed by atoms with Crippen molar-refractivity contribution in [2.75, 3.05) is 7.11 Å². The predicted molar refractivity (Wildman–Crippen MR) is 107 cm³/mol. The van der Waals surface area contributed by atoms with Gasteiger partial charge in [0.05, 0.1) is 18.7 Å². The van der Waals surface area contributed by atoms with Gasteiger partial charge in [0.15, 0.2) is 0 Å². The fraction of sp³-hybridized carbons (Fsp3) is 0.304. The Morgan fingerprint density at radius 1 is 1.07 bits per heavy atom. The van der Waals surface area contributed by atoms with Crippen molar-refractivity contribution < 1.29 is 24.5 Å². The van der Waals surface area contributed by atoms with Crippen LogP contribution in [0.3, 0.4) is 0 Å². The summed E-state index contributed by atoms with van der Waals surface area (Å²) in [5.74, 6) is -0.967. The smallest absolute Gasteiger partial charge is 0.295 e. The molecule has 1 aliphatic heterocycles. The number of aliphatic hydroxyl groups is 1. The van der Waals surface area contributed by atoms with Gasteiger partial charge in [-0.3, -0.25) is 9.59 Å². The molecule has 0 spiro atoms. The van der Waals surface area contributed by atoms with E-state index in [0.717, 1.165) is 25.7 Å². The SMILES string of the molecule is COc1cccc(/C(O)=C2/C(=O)C(=O)N(C3CCCC3)C2c2cccc(O)c2)c1. The van der Waals surface area contributed by atoms with E-state index in [4.69, 9.17) is 4.74 Å². The Morgan fingerprint density at radius 3 is 2.48 bits per heavy atom. The summed E-state index contributed by atoms with van der Waals surface area (Å²) in [4.78, 5) is 27.6. The van der Waals surface area contributed by atoms with Crippen molar-refractivity contribution in [3.05, 3.63) is 65.2 Å². The highest BCUT2D eigenvalue weighted by atomic mass is 16.5. The number of likely N-dealkylation sites (tertiary alicyclic amines) is 1. The second-order valence-corrected chi connectivity index (χ2v) is 7.47. The Hall–Kier alpha value is -3.28. The summed E-state index contributed by atoms with van der Waals surface area (Å²) < 4.78 is 5.22. The third kappa shape index (κ3) is 3.35. The zero-order valence-corrected chi connectivity index (χ0v) is 16.2. The number of hydrogen-bond donors (Lipinski definition) is 2. The van der Waals surface area contributed by atoms with Crippen LogP contribution in [-0.4, -0.2) is 40.0 Å². The second-order valence-electron chi connectivity index (χ2n) is 7.47. The molecule has 0 radical (unpaired) electrons. The summed E-state index contributed by atoms with van der Waals surface area (Å²) in [6, 6.07) is 12.4. The first-order valence-electron chi connectivity index (χ1n) is 9.74. The van der Waals surface area contributed by atoms with E-state index < -0.39 is 17.7 Å². The lowest BCUT2D eigenvalue weighted by molar-refractivity contribution is -0.141. The number of hydrogen-bond acceptors (Lipinski definition) is 5. The summed E-state index contributed by atoms with van der Waals surface area (Å²) in [5.41, 5.74) is 1.04. The topological polar surface area (TPSA) is 87.1 Å². The average Bonchev–Trinajstić information content (AvgIpc) is 3.34. The number of aliphatic hydroxyl groups excluding tert-OH is 1. The average molecular weight is 393 g/mol. The Balaban J connectivity index is 1.89. The summed E-state index contributed by atoms with van der Waals surface area (Å²) in [6.07, 6.45) is 3.63. The molecule has 150 valence electrons. The highest BCUT2D eigenvalue weighted by Gasteiger charge is 2.49. The van der Waals surface area contributed by atoms with Gasteiger partial charge in [-0.1, -0.05) is 37.1 Å². The van der Waals surface area contributed by atoms with E-state index in [1.165, 1.54) is 19.2 Å². The number of rotatable bonds is 4. The molecule has 1 unspecified atom stereocenters. The molecule has 1 saturated carbocycles. The van der Waals surface area contributed by atoms with Crippen LogP contribution in [-0.2, 0) is 9.59 Å². The van der Waals surface area contributed by atoms with Gasteiger partial charge in [-0.25, -0.2) is 0 Å². The molecule has 6 nitrogen and oxygen atoms in total. The first kappa shape index (κ1) is 19.1. The van der Waals surface area contributed by atoms with Crippen molar-refractivity contribution in [3.8, 4) is 11.5 Å². The van der Waals surface area contributed by atoms with Crippen LogP contribution in [0, 0.1) is 0 Å². The van der Waals surface area contributed by atoms with Crippen LogP contribution >= 0.6 is 0 Å². The van der Waals surface area contributed by atoms with Crippen LogP contribution in [0.15, 0.2) is 54.1 Å². The maximum absolute atomic E-state index is 13.0. The zero-order valence-electron chi connectivity index (χ0n) is 16.2. The minimum absolute atomic E-state index is 0.0424. The van der Waals surface area contributed by atoms with Crippen molar-refractivity contribution in [3.63, 3.8) is 0 Å². The van der Waals surface area contributed by atoms with Gasteiger partial charge in [-0.05, 0) is 42.7 Å². The number of nitrogens with zero attached hydrogens (tertiary/aromatic N) is 1. The number of carbonyl (C=O) groups excluding carboxylic acids is 2. The standard InChI is InChI=1S/C23H23NO5/c1-29-18-11-5-7-15(13-18)21(26)19-20(14-6-4-10-17(25)12-14)24(23(28)22(19)27)16-8-2-3-9-16/h4-7,10-13,16,20,25-26H,2-3,8-9H2,1H3/b21-19-. The Bertz CT molecular complexity index is 990. The number of phenols is 1. The number of amides is 1. The van der Waals surface area contributed by atoms with Gasteiger partial charge in [0.25, 0.3) is 11.7 Å². The number of benzene rings is 2. The maximum Gasteiger partial charge on any atom is 0.295 e. The Kier molecular flexibility index (Phi) is 5.01. The highest BCUT2D eigenvalue weighted by Crippen LogP contribution is 2.44. The molecular formula is C23H23NO5. The predicted octanol–water partition coefficient (Wildman–Crippen LogP) is 3.77. The molecule has 2 aromatic rings. The quantitative estimate of drug-likeness (QED) is 0.469. The molecular weight excluding hydrogens is 370 g/mol. The van der Waals surface area contributed by atoms with Crippen molar-refractivity contribution in [2.24, 2.45) is 0 Å². The summed E-state index contributed by atoms with van der Waals surface area (Å²) in [6.45, 7) is 0. The number of aromatic hydroxyl groups is 1. The molecule has 2 aromatic carbocycles. The second kappa shape index (κ2) is 7.62. The molecule has 1 aliphatic carbocycles. The number of ketones is 1. The van der Waals surface area contributed by atoms with Crippen molar-refractivity contribution >= 4 is 17.4 Å². The van der Waals surface area contributed by atoms with Gasteiger partial charge >= 0.3 is 0 Å². The van der Waals surface area contributed by atoms with Crippen molar-refractivity contribution in [1.82, 2.24) is 4.90 Å². The molecule has 1 saturated heterocycles. The van der Waals surface area contributed by atoms with Crippen LogP contribution in [0.2, 0.25) is 0 Å². The third-order valence-electron chi connectivity index (χ3n) is 5.73. The lowest BCUT2D eigenvalue weighted by atomic mass is 9.94. The lowest BCUT2D eigenvalue weighted by Crippen LogP contribution is -2.37. The minimum atomic E-state index is -0.739. The fourth-order valence-electron chi connectivity index (χ4n) is 4.36. The van der Waals surface area contributed by atoms with Crippen LogP contribution < -0.4 is 4.74 Å². The Morgan fingerprint density at radius 2 is 1.79 bits per heavy atom. The van der Waals surface area contributed by atoms with Crippen LogP contribution in [0.25, 0.3) is 5.76 Å². The van der Waals surface area contributed by atoms with E-state index in [1.54, 1.807) is 41.3 Å². The molecule has 2 aliphatic rings. The molecule has 6 heteroatoms. The van der Waals surface area contributed by atoms with E-state index in [0.29, 0.717) is 16.9 Å². The van der Waals surface area contributed by atoms with Crippen LogP contribution in [0.4, 0.5) is 0 Å². The number of Topliss-reactive ketones (excluding diaryl/α,β-unsaturated/α-hetero) is 1. The van der Waals surface area contributed by atoms with E-state index in [1.807, 2.05) is 0 Å². The number of ether oxygens (including phenoxy) is 1. The van der Waals surface area contributed by atoms with Gasteiger partial charge in [-0.2, -0.15) is 0 Å². The number of methoxy groups -OCH3 is 1. The zero-order chi connectivity index (χ0) is 20.5. The lowest BCUT2D eigenvalue weighted by Gasteiger charge is -2.30. The largest absolute Gasteiger partial charge is 0.508 e. The first-order valence-corrected chi connectivity index (χ1v) is 9.74. The maximum atomic E-state index is 13.0. The normalized spacial score (nSPS) is 21.7. The molecule has 1 heterocycles. The van der Waals surface area contributed by atoms with Crippen LogP contribution in [0.5, 0.6) is 11.5 Å². The molecule has 1 amide bonds. The number of phenolic OH excluding ortho intramolecular Hbond substituents is 1. The Labute approximate surface area is 169 Å². The molecule has 1 atom stereocenters. The number of carbonyl (C=O) groups is 2. The molecule has 4 rings (SSSR count). The van der Waals surface area contributed by atoms with Gasteiger partial charge in [0.1, 0.15) is 17.3 Å². The van der Waals surface area contributed by atoms with E-state index in [9.17, 15) is 19.8 Å². The third-order valence-corrected chi connectivity index (χ3v) is 5.73. The van der Waals surface area contributed by atoms with Gasteiger partial charge in [0.2, 0.25) is 0 Å². The van der Waals surface area contributed by atoms with E-state index in [2.05, 4.69) is 0 Å². The highest BCUT2D eigenvalue weighted by molar-refractivity contribution is 6.46. The molecule has 0 aromatic heterocycles. The van der Waals surface area contributed by atoms with Crippen LogP contribution in [0.1, 0.15) is 42.9 Å². The van der Waals surface area contributed by atoms with Crippen molar-refractivity contribution in [2.45, 2.75) is 37.8 Å². The summed E-state index contributed by atoms with van der Waals surface area (Å²) >= 11 is 0. The van der Waals surface area contributed by atoms with Crippen molar-refractivity contribution in [1.29, 1.82) is 0 Å². The van der Waals surface area contributed by atoms with Gasteiger partial charge in [-0.15, -0.1) is 0 Å². The van der Waals surface area contributed by atoms with Gasteiger partial charge in [0, 0.05) is 11.6 Å². The van der Waals surface area contributed by atoms with Gasteiger partial charge < -0.3 is 19.8 Å². The summed E-state index contributed by atoms with van der Waals surface area (Å²) in [7, 11) is 1.52. The molecule has 2 fully saturated rings. The summed E-state index contributed by atoms with van der Waals surface area (Å²) in [5, 5.41) is 21.0. The first-order chi connectivity index (χ1) is 14.0. The van der Waals surface area contributed by atoms with E-state index in [-0.39, 0.29) is 23.1 Å². The fourth-order valence-corrected chi connectivity index (χ4v) is 4.36.